The van der Waals surface area contributed by atoms with Gasteiger partial charge in [-0.25, -0.2) is 4.39 Å². The van der Waals surface area contributed by atoms with Crippen molar-refractivity contribution in [2.45, 2.75) is 13.5 Å². The third-order valence-electron chi connectivity index (χ3n) is 4.92. The molecule has 5 nitrogen and oxygen atoms in total. The van der Waals surface area contributed by atoms with Gasteiger partial charge in [0.05, 0.1) is 6.54 Å². The summed E-state index contributed by atoms with van der Waals surface area (Å²) in [6, 6.07) is 14.2. The normalized spacial score (nSPS) is 16.0. The van der Waals surface area contributed by atoms with E-state index in [0.717, 1.165) is 10.9 Å². The number of benzene rings is 2. The standard InChI is InChI=1S/C22H18FN3O2S/c1-2-26-21(28)17(20(27)24-22(26)29)11-15-13-25(19-10-6-4-8-16(15)19)12-14-7-3-5-9-18(14)23/h3-11,13H,2,12H2,1H3,(H,24,27,29)/b17-11+. The van der Waals surface area contributed by atoms with Gasteiger partial charge in [-0.15, -0.1) is 0 Å². The van der Waals surface area contributed by atoms with E-state index in [4.69, 9.17) is 12.2 Å². The van der Waals surface area contributed by atoms with Crippen molar-refractivity contribution in [1.82, 2.24) is 14.8 Å². The lowest BCUT2D eigenvalue weighted by molar-refractivity contribution is -0.128. The summed E-state index contributed by atoms with van der Waals surface area (Å²) >= 11 is 5.07. The SMILES string of the molecule is CCN1C(=O)/C(=C/c2cn(Cc3ccccc3F)c3ccccc23)C(=O)NC1=S. The third kappa shape index (κ3) is 3.45. The number of rotatable bonds is 4. The van der Waals surface area contributed by atoms with E-state index in [0.29, 0.717) is 24.2 Å². The van der Waals surface area contributed by atoms with Crippen molar-refractivity contribution in [1.29, 1.82) is 0 Å². The summed E-state index contributed by atoms with van der Waals surface area (Å²) in [6.07, 6.45) is 3.40. The van der Waals surface area contributed by atoms with Crippen LogP contribution in [0.1, 0.15) is 18.1 Å². The fourth-order valence-electron chi connectivity index (χ4n) is 3.47. The van der Waals surface area contributed by atoms with Crippen molar-refractivity contribution in [3.8, 4) is 0 Å². The number of nitrogens with one attached hydrogen (secondary N) is 1. The van der Waals surface area contributed by atoms with Gasteiger partial charge in [0.1, 0.15) is 11.4 Å². The average Bonchev–Trinajstić information content (AvgIpc) is 3.05. The van der Waals surface area contributed by atoms with Crippen molar-refractivity contribution in [3.05, 3.63) is 77.2 Å². The highest BCUT2D eigenvalue weighted by Crippen LogP contribution is 2.26. The fraction of sp³-hybridized carbons (Fsp3) is 0.136. The zero-order valence-electron chi connectivity index (χ0n) is 15.7. The Kier molecular flexibility index (Phi) is 4.98. The van der Waals surface area contributed by atoms with Gasteiger partial charge in [0, 0.05) is 34.8 Å². The smallest absolute Gasteiger partial charge is 0.265 e. The number of carbonyl (C=O) groups excluding carboxylic acids is 2. The monoisotopic (exact) mass is 407 g/mol. The van der Waals surface area contributed by atoms with Crippen LogP contribution in [0.3, 0.4) is 0 Å². The van der Waals surface area contributed by atoms with Crippen LogP contribution in [-0.4, -0.2) is 32.9 Å². The summed E-state index contributed by atoms with van der Waals surface area (Å²) < 4.78 is 16.0. The van der Waals surface area contributed by atoms with Gasteiger partial charge in [-0.05, 0) is 37.4 Å². The van der Waals surface area contributed by atoms with Crippen molar-refractivity contribution < 1.29 is 14.0 Å². The maximum absolute atomic E-state index is 14.1. The van der Waals surface area contributed by atoms with Gasteiger partial charge in [-0.1, -0.05) is 36.4 Å². The average molecular weight is 407 g/mol. The lowest BCUT2D eigenvalue weighted by Gasteiger charge is -2.27. The molecule has 1 aromatic heterocycles. The Labute approximate surface area is 172 Å². The highest BCUT2D eigenvalue weighted by molar-refractivity contribution is 7.80. The lowest BCUT2D eigenvalue weighted by atomic mass is 10.1. The molecule has 1 aliphatic rings. The molecule has 2 amide bonds. The minimum absolute atomic E-state index is 0.0224. The molecule has 1 aliphatic heterocycles. The molecule has 1 fully saturated rings. The number of fused-ring (bicyclic) bond motifs is 1. The van der Waals surface area contributed by atoms with E-state index >= 15 is 0 Å². The quantitative estimate of drug-likeness (QED) is 0.409. The number of likely N-dealkylation sites (N-methyl/N-ethyl adjacent to an activating group) is 1. The molecule has 0 bridgehead atoms. The highest BCUT2D eigenvalue weighted by atomic mass is 32.1. The second-order valence-corrected chi connectivity index (χ2v) is 7.07. The number of hydrogen-bond acceptors (Lipinski definition) is 3. The second-order valence-electron chi connectivity index (χ2n) is 6.69. The number of hydrogen-bond donors (Lipinski definition) is 1. The molecule has 1 saturated heterocycles. The molecule has 4 rings (SSSR count). The molecule has 2 aromatic carbocycles. The largest absolute Gasteiger partial charge is 0.342 e. The van der Waals surface area contributed by atoms with E-state index < -0.39 is 11.8 Å². The zero-order chi connectivity index (χ0) is 20.5. The number of halogens is 1. The van der Waals surface area contributed by atoms with Crippen LogP contribution in [0.15, 0.2) is 60.3 Å². The molecule has 7 heteroatoms. The van der Waals surface area contributed by atoms with Crippen molar-refractivity contribution >= 4 is 46.1 Å². The van der Waals surface area contributed by atoms with Crippen LogP contribution >= 0.6 is 12.2 Å². The van der Waals surface area contributed by atoms with Crippen LogP contribution in [0.5, 0.6) is 0 Å². The molecule has 0 radical (unpaired) electrons. The van der Waals surface area contributed by atoms with E-state index in [1.165, 1.54) is 11.0 Å². The molecule has 0 aliphatic carbocycles. The van der Waals surface area contributed by atoms with E-state index in [1.807, 2.05) is 35.0 Å². The van der Waals surface area contributed by atoms with Crippen molar-refractivity contribution in [2.75, 3.05) is 6.54 Å². The van der Waals surface area contributed by atoms with Crippen LogP contribution in [-0.2, 0) is 16.1 Å². The first-order valence-electron chi connectivity index (χ1n) is 9.19. The molecule has 0 unspecified atom stereocenters. The fourth-order valence-corrected chi connectivity index (χ4v) is 3.77. The maximum Gasteiger partial charge on any atom is 0.265 e. The molecular weight excluding hydrogens is 389 g/mol. The Morgan fingerprint density at radius 2 is 1.83 bits per heavy atom. The van der Waals surface area contributed by atoms with E-state index in [2.05, 4.69) is 5.32 Å². The predicted molar refractivity (Wildman–Crippen MR) is 114 cm³/mol. The Morgan fingerprint density at radius 1 is 1.10 bits per heavy atom. The first-order valence-corrected chi connectivity index (χ1v) is 9.60. The molecule has 0 spiro atoms. The zero-order valence-corrected chi connectivity index (χ0v) is 16.5. The molecule has 0 saturated carbocycles. The Hall–Kier alpha value is -3.32. The third-order valence-corrected chi connectivity index (χ3v) is 5.24. The van der Waals surface area contributed by atoms with Crippen molar-refractivity contribution in [2.24, 2.45) is 0 Å². The van der Waals surface area contributed by atoms with Gasteiger partial charge in [0.25, 0.3) is 11.8 Å². The van der Waals surface area contributed by atoms with Crippen molar-refractivity contribution in [3.63, 3.8) is 0 Å². The van der Waals surface area contributed by atoms with Gasteiger partial charge >= 0.3 is 0 Å². The summed E-state index contributed by atoms with van der Waals surface area (Å²) in [5.41, 5.74) is 2.17. The first-order chi connectivity index (χ1) is 14.0. The lowest BCUT2D eigenvalue weighted by Crippen LogP contribution is -2.53. The topological polar surface area (TPSA) is 54.3 Å². The number of thiocarbonyl (C=S) groups is 1. The Balaban J connectivity index is 1.80. The molecule has 1 N–H and O–H groups in total. The summed E-state index contributed by atoms with van der Waals surface area (Å²) in [4.78, 5) is 26.5. The van der Waals surface area contributed by atoms with E-state index in [1.54, 1.807) is 31.2 Å². The summed E-state index contributed by atoms with van der Waals surface area (Å²) in [7, 11) is 0. The van der Waals surface area contributed by atoms with Gasteiger partial charge in [0.15, 0.2) is 5.11 Å². The van der Waals surface area contributed by atoms with Gasteiger partial charge in [0.2, 0.25) is 0 Å². The van der Waals surface area contributed by atoms with Gasteiger partial charge in [-0.2, -0.15) is 0 Å². The number of para-hydroxylation sites is 1. The van der Waals surface area contributed by atoms with Crippen LogP contribution in [0.25, 0.3) is 17.0 Å². The first kappa shape index (κ1) is 19.0. The van der Waals surface area contributed by atoms with E-state index in [-0.39, 0.29) is 16.5 Å². The van der Waals surface area contributed by atoms with Crippen LogP contribution in [0, 0.1) is 5.82 Å². The number of aromatic nitrogens is 1. The number of nitrogens with zero attached hydrogens (tertiary/aromatic N) is 2. The molecule has 146 valence electrons. The number of carbonyl (C=O) groups is 2. The minimum atomic E-state index is -0.518. The van der Waals surface area contributed by atoms with Gasteiger partial charge < -0.3 is 4.57 Å². The highest BCUT2D eigenvalue weighted by Gasteiger charge is 2.32. The van der Waals surface area contributed by atoms with Crippen LogP contribution in [0.4, 0.5) is 4.39 Å². The maximum atomic E-state index is 14.1. The predicted octanol–water partition coefficient (Wildman–Crippen LogP) is 3.48. The van der Waals surface area contributed by atoms with Gasteiger partial charge in [-0.3, -0.25) is 19.8 Å². The van der Waals surface area contributed by atoms with E-state index in [9.17, 15) is 14.0 Å². The number of amides is 2. The van der Waals surface area contributed by atoms with Crippen LogP contribution in [0.2, 0.25) is 0 Å². The second kappa shape index (κ2) is 7.60. The summed E-state index contributed by atoms with van der Waals surface area (Å²) in [5.74, 6) is -1.22. The Bertz CT molecular complexity index is 1180. The summed E-state index contributed by atoms with van der Waals surface area (Å²) in [6.45, 7) is 2.49. The molecule has 3 aromatic rings. The molecular formula is C22H18FN3O2S. The molecule has 0 atom stereocenters. The Morgan fingerprint density at radius 3 is 2.59 bits per heavy atom. The molecule has 29 heavy (non-hydrogen) atoms. The molecule has 2 heterocycles. The van der Waals surface area contributed by atoms with Crippen LogP contribution < -0.4 is 5.32 Å². The minimum Gasteiger partial charge on any atom is -0.342 e. The summed E-state index contributed by atoms with van der Waals surface area (Å²) in [5, 5.41) is 3.54.